The van der Waals surface area contributed by atoms with Gasteiger partial charge in [-0.1, -0.05) is 0 Å². The number of hydrogen-bond acceptors (Lipinski definition) is 2. The summed E-state index contributed by atoms with van der Waals surface area (Å²) in [7, 11) is 0. The number of carbonyl (C=O) groups is 1. The van der Waals surface area contributed by atoms with Crippen LogP contribution in [0.25, 0.3) is 0 Å². The molecule has 1 amide bonds. The minimum atomic E-state index is 0. The number of carbonyl (C=O) groups excluding carboxylic acids is 1. The molecule has 2 N–H and O–H groups in total. The molecule has 1 saturated heterocycles. The lowest BCUT2D eigenvalue weighted by Gasteiger charge is -2.54. The summed E-state index contributed by atoms with van der Waals surface area (Å²) in [6.45, 7) is 2.19. The van der Waals surface area contributed by atoms with Crippen LogP contribution in [0.2, 0.25) is 0 Å². The summed E-state index contributed by atoms with van der Waals surface area (Å²) in [5.41, 5.74) is 0. The Balaban J connectivity index is 0.00000132. The molecule has 120 valence electrons. The van der Waals surface area contributed by atoms with Crippen molar-refractivity contribution in [2.45, 2.75) is 57.4 Å². The highest BCUT2D eigenvalue weighted by atomic mass is 35.5. The lowest BCUT2D eigenvalue weighted by molar-refractivity contribution is -0.126. The SMILES string of the molecule is Cl.O=C(CC1CCNCC1)NC1C2CC3CC(C2)CC1C3. The Bertz CT molecular complexity index is 353. The Kier molecular flexibility index (Phi) is 4.80. The van der Waals surface area contributed by atoms with Crippen LogP contribution in [-0.4, -0.2) is 25.0 Å². The zero-order valence-electron chi connectivity index (χ0n) is 12.9. The zero-order valence-corrected chi connectivity index (χ0v) is 13.7. The van der Waals surface area contributed by atoms with Crippen LogP contribution >= 0.6 is 12.4 Å². The van der Waals surface area contributed by atoms with E-state index in [-0.39, 0.29) is 12.4 Å². The second-order valence-electron chi connectivity index (χ2n) is 7.92. The van der Waals surface area contributed by atoms with Gasteiger partial charge in [-0.3, -0.25) is 4.79 Å². The first-order valence-electron chi connectivity index (χ1n) is 8.78. The number of hydrogen-bond donors (Lipinski definition) is 2. The van der Waals surface area contributed by atoms with Crippen molar-refractivity contribution in [2.75, 3.05) is 13.1 Å². The van der Waals surface area contributed by atoms with E-state index in [1.165, 1.54) is 44.9 Å². The average molecular weight is 313 g/mol. The smallest absolute Gasteiger partial charge is 0.220 e. The van der Waals surface area contributed by atoms with Crippen molar-refractivity contribution >= 4 is 18.3 Å². The molecule has 0 unspecified atom stereocenters. The van der Waals surface area contributed by atoms with Crippen molar-refractivity contribution in [1.82, 2.24) is 10.6 Å². The molecule has 1 heterocycles. The Morgan fingerprint density at radius 1 is 0.952 bits per heavy atom. The second kappa shape index (κ2) is 6.45. The topological polar surface area (TPSA) is 41.1 Å². The maximum atomic E-state index is 12.4. The Morgan fingerprint density at radius 3 is 2.10 bits per heavy atom. The lowest BCUT2D eigenvalue weighted by atomic mass is 9.54. The van der Waals surface area contributed by atoms with Gasteiger partial charge in [-0.25, -0.2) is 0 Å². The summed E-state index contributed by atoms with van der Waals surface area (Å²) in [4.78, 5) is 12.4. The standard InChI is InChI=1S/C17H28N2O.ClH/c20-16(10-11-1-3-18-4-2-11)19-17-14-6-12-5-13(8-14)9-15(17)7-12;/h11-15,17-18H,1-10H2,(H,19,20);1H. The van der Waals surface area contributed by atoms with Gasteiger partial charge in [0.25, 0.3) is 0 Å². The largest absolute Gasteiger partial charge is 0.353 e. The molecule has 0 aromatic rings. The molecule has 0 aromatic heterocycles. The van der Waals surface area contributed by atoms with Crippen LogP contribution < -0.4 is 10.6 Å². The Labute approximate surface area is 134 Å². The van der Waals surface area contributed by atoms with Crippen LogP contribution in [0.1, 0.15) is 51.4 Å². The number of amides is 1. The molecule has 0 spiro atoms. The second-order valence-corrected chi connectivity index (χ2v) is 7.92. The molecule has 4 saturated carbocycles. The quantitative estimate of drug-likeness (QED) is 0.841. The monoisotopic (exact) mass is 312 g/mol. The van der Waals surface area contributed by atoms with Gasteiger partial charge in [0.1, 0.15) is 0 Å². The fourth-order valence-electron chi connectivity index (χ4n) is 5.75. The van der Waals surface area contributed by atoms with Gasteiger partial charge in [0.2, 0.25) is 5.91 Å². The highest BCUT2D eigenvalue weighted by Crippen LogP contribution is 2.53. The lowest BCUT2D eigenvalue weighted by Crippen LogP contribution is -2.56. The summed E-state index contributed by atoms with van der Waals surface area (Å²) in [6.07, 6.45) is 10.2. The molecule has 4 aliphatic carbocycles. The third-order valence-corrected chi connectivity index (χ3v) is 6.49. The Morgan fingerprint density at radius 2 is 1.52 bits per heavy atom. The highest BCUT2D eigenvalue weighted by Gasteiger charge is 2.48. The molecular formula is C17H29ClN2O. The van der Waals surface area contributed by atoms with Crippen LogP contribution in [-0.2, 0) is 4.79 Å². The predicted octanol–water partition coefficient (Wildman–Crippen LogP) is 2.74. The zero-order chi connectivity index (χ0) is 13.5. The first kappa shape index (κ1) is 15.6. The summed E-state index contributed by atoms with van der Waals surface area (Å²) in [6, 6.07) is 0.525. The van der Waals surface area contributed by atoms with Crippen molar-refractivity contribution in [3.63, 3.8) is 0 Å². The van der Waals surface area contributed by atoms with Crippen LogP contribution in [0.4, 0.5) is 0 Å². The number of piperidine rings is 1. The minimum absolute atomic E-state index is 0. The van der Waals surface area contributed by atoms with Gasteiger partial charge in [0.15, 0.2) is 0 Å². The molecular weight excluding hydrogens is 284 g/mol. The van der Waals surface area contributed by atoms with Gasteiger partial charge < -0.3 is 10.6 Å². The molecule has 1 aliphatic heterocycles. The molecule has 5 aliphatic rings. The van der Waals surface area contributed by atoms with E-state index in [0.717, 1.165) is 43.2 Å². The van der Waals surface area contributed by atoms with Crippen LogP contribution in [0.15, 0.2) is 0 Å². The van der Waals surface area contributed by atoms with Gasteiger partial charge in [0, 0.05) is 12.5 Å². The molecule has 3 nitrogen and oxygen atoms in total. The molecule has 21 heavy (non-hydrogen) atoms. The number of rotatable bonds is 3. The van der Waals surface area contributed by atoms with Crippen LogP contribution in [0.5, 0.6) is 0 Å². The molecule has 5 fully saturated rings. The fourth-order valence-corrected chi connectivity index (χ4v) is 5.75. The number of nitrogens with one attached hydrogen (secondary N) is 2. The average Bonchev–Trinajstić information content (AvgIpc) is 2.43. The van der Waals surface area contributed by atoms with Gasteiger partial charge in [-0.05, 0) is 87.6 Å². The number of halogens is 1. The summed E-state index contributed by atoms with van der Waals surface area (Å²) in [5, 5.41) is 6.83. The van der Waals surface area contributed by atoms with E-state index in [4.69, 9.17) is 0 Å². The molecule has 0 radical (unpaired) electrons. The molecule has 4 heteroatoms. The van der Waals surface area contributed by atoms with Crippen molar-refractivity contribution in [1.29, 1.82) is 0 Å². The maximum Gasteiger partial charge on any atom is 0.220 e. The molecule has 0 aromatic carbocycles. The van der Waals surface area contributed by atoms with E-state index in [9.17, 15) is 4.79 Å². The van der Waals surface area contributed by atoms with Crippen LogP contribution in [0.3, 0.4) is 0 Å². The van der Waals surface area contributed by atoms with E-state index in [1.807, 2.05) is 0 Å². The van der Waals surface area contributed by atoms with Gasteiger partial charge >= 0.3 is 0 Å². The third-order valence-electron chi connectivity index (χ3n) is 6.49. The summed E-state index contributed by atoms with van der Waals surface area (Å²) in [5.74, 6) is 4.57. The van der Waals surface area contributed by atoms with E-state index < -0.39 is 0 Å². The van der Waals surface area contributed by atoms with Crippen molar-refractivity contribution in [2.24, 2.45) is 29.6 Å². The Hall–Kier alpha value is -0.280. The van der Waals surface area contributed by atoms with Gasteiger partial charge in [-0.2, -0.15) is 0 Å². The normalized spacial score (nSPS) is 41.6. The van der Waals surface area contributed by atoms with Crippen LogP contribution in [0, 0.1) is 29.6 Å². The molecule has 0 atom stereocenters. The summed E-state index contributed by atoms with van der Waals surface area (Å²) < 4.78 is 0. The van der Waals surface area contributed by atoms with Crippen molar-refractivity contribution in [3.8, 4) is 0 Å². The predicted molar refractivity (Wildman–Crippen MR) is 86.4 cm³/mol. The van der Waals surface area contributed by atoms with E-state index in [1.54, 1.807) is 0 Å². The van der Waals surface area contributed by atoms with Gasteiger partial charge in [0.05, 0.1) is 0 Å². The van der Waals surface area contributed by atoms with Crippen molar-refractivity contribution < 1.29 is 4.79 Å². The van der Waals surface area contributed by atoms with Gasteiger partial charge in [-0.15, -0.1) is 12.4 Å². The maximum absolute atomic E-state index is 12.4. The fraction of sp³-hybridized carbons (Fsp3) is 0.941. The third kappa shape index (κ3) is 3.24. The molecule has 4 bridgehead atoms. The molecule has 5 rings (SSSR count). The minimum Gasteiger partial charge on any atom is -0.353 e. The van der Waals surface area contributed by atoms with E-state index in [2.05, 4.69) is 10.6 Å². The van der Waals surface area contributed by atoms with Crippen molar-refractivity contribution in [3.05, 3.63) is 0 Å². The summed E-state index contributed by atoms with van der Waals surface area (Å²) >= 11 is 0. The first-order valence-corrected chi connectivity index (χ1v) is 8.78. The van der Waals surface area contributed by atoms with E-state index >= 15 is 0 Å². The highest BCUT2D eigenvalue weighted by molar-refractivity contribution is 5.85. The van der Waals surface area contributed by atoms with E-state index in [0.29, 0.717) is 17.9 Å². The first-order chi connectivity index (χ1) is 9.78.